The summed E-state index contributed by atoms with van der Waals surface area (Å²) in [6, 6.07) is 5.75. The van der Waals surface area contributed by atoms with Crippen LogP contribution in [0.25, 0.3) is 0 Å². The van der Waals surface area contributed by atoms with Gasteiger partial charge in [-0.2, -0.15) is 5.26 Å². The lowest BCUT2D eigenvalue weighted by Gasteiger charge is -2.31. The van der Waals surface area contributed by atoms with Gasteiger partial charge in [0, 0.05) is 19.6 Å². The van der Waals surface area contributed by atoms with Crippen molar-refractivity contribution >= 4 is 23.2 Å². The largest absolute Gasteiger partial charge is 0.323 e. The highest BCUT2D eigenvalue weighted by Gasteiger charge is 2.24. The van der Waals surface area contributed by atoms with Crippen molar-refractivity contribution in [2.45, 2.75) is 19.9 Å². The van der Waals surface area contributed by atoms with Crippen LogP contribution < -0.4 is 10.6 Å². The predicted octanol–water partition coefficient (Wildman–Crippen LogP) is 1.69. The number of benzene rings is 1. The van der Waals surface area contributed by atoms with Crippen molar-refractivity contribution in [3.63, 3.8) is 0 Å². The number of piperazine rings is 1. The Morgan fingerprint density at radius 2 is 2.33 bits per heavy atom. The number of hydrogen-bond acceptors (Lipinski definition) is 4. The van der Waals surface area contributed by atoms with Crippen LogP contribution in [0.3, 0.4) is 0 Å². The lowest BCUT2D eigenvalue weighted by Crippen LogP contribution is -2.52. The van der Waals surface area contributed by atoms with E-state index in [0.29, 0.717) is 23.8 Å². The van der Waals surface area contributed by atoms with Gasteiger partial charge in [0.2, 0.25) is 5.91 Å². The number of amides is 1. The van der Waals surface area contributed by atoms with E-state index in [1.165, 1.54) is 0 Å². The topological polar surface area (TPSA) is 68.2 Å². The molecule has 1 aliphatic rings. The molecule has 1 unspecified atom stereocenters. The molecule has 6 heteroatoms. The molecule has 1 atom stereocenters. The summed E-state index contributed by atoms with van der Waals surface area (Å²) in [5.41, 5.74) is 2.64. The highest BCUT2D eigenvalue weighted by atomic mass is 35.5. The summed E-state index contributed by atoms with van der Waals surface area (Å²) in [6.45, 7) is 6.14. The minimum atomic E-state index is -0.265. The van der Waals surface area contributed by atoms with Gasteiger partial charge in [0.05, 0.1) is 23.3 Å². The van der Waals surface area contributed by atoms with Crippen molar-refractivity contribution in [2.24, 2.45) is 0 Å². The molecule has 5 nitrogen and oxygen atoms in total. The molecule has 1 aromatic rings. The molecule has 0 aliphatic carbocycles. The van der Waals surface area contributed by atoms with E-state index in [1.54, 1.807) is 0 Å². The third kappa shape index (κ3) is 3.94. The maximum absolute atomic E-state index is 12.2. The first kappa shape index (κ1) is 15.8. The first-order valence-electron chi connectivity index (χ1n) is 6.92. The normalized spacial score (nSPS) is 19.0. The van der Waals surface area contributed by atoms with Gasteiger partial charge in [-0.3, -0.25) is 9.69 Å². The monoisotopic (exact) mass is 306 g/mol. The molecule has 2 N–H and O–H groups in total. The van der Waals surface area contributed by atoms with Gasteiger partial charge in [-0.25, -0.2) is 0 Å². The second-order valence-electron chi connectivity index (χ2n) is 5.31. The summed E-state index contributed by atoms with van der Waals surface area (Å²) >= 11 is 6.19. The molecule has 0 bridgehead atoms. The van der Waals surface area contributed by atoms with Crippen molar-refractivity contribution in [3.8, 4) is 6.07 Å². The molecule has 1 saturated heterocycles. The fourth-order valence-electron chi connectivity index (χ4n) is 2.50. The van der Waals surface area contributed by atoms with E-state index in [1.807, 2.05) is 30.9 Å². The quantitative estimate of drug-likeness (QED) is 0.892. The fourth-order valence-corrected chi connectivity index (χ4v) is 2.87. The smallest absolute Gasteiger partial charge is 0.238 e. The number of aryl methyl sites for hydroxylation is 2. The van der Waals surface area contributed by atoms with E-state index in [2.05, 4.69) is 16.7 Å². The van der Waals surface area contributed by atoms with Gasteiger partial charge in [-0.15, -0.1) is 0 Å². The molecule has 112 valence electrons. The molecular weight excluding hydrogens is 288 g/mol. The molecule has 0 spiro atoms. The van der Waals surface area contributed by atoms with Gasteiger partial charge in [0.1, 0.15) is 6.04 Å². The van der Waals surface area contributed by atoms with Gasteiger partial charge < -0.3 is 10.6 Å². The van der Waals surface area contributed by atoms with Gasteiger partial charge in [0.15, 0.2) is 0 Å². The Morgan fingerprint density at radius 1 is 1.57 bits per heavy atom. The number of carbonyl (C=O) groups is 1. The van der Waals surface area contributed by atoms with Crippen LogP contribution in [0.5, 0.6) is 0 Å². The van der Waals surface area contributed by atoms with E-state index >= 15 is 0 Å². The second-order valence-corrected chi connectivity index (χ2v) is 5.71. The first-order valence-corrected chi connectivity index (χ1v) is 7.30. The second kappa shape index (κ2) is 6.90. The van der Waals surface area contributed by atoms with Crippen molar-refractivity contribution < 1.29 is 4.79 Å². The summed E-state index contributed by atoms with van der Waals surface area (Å²) in [4.78, 5) is 14.1. The van der Waals surface area contributed by atoms with Crippen LogP contribution in [0.4, 0.5) is 5.69 Å². The van der Waals surface area contributed by atoms with E-state index in [4.69, 9.17) is 16.9 Å². The zero-order valence-corrected chi connectivity index (χ0v) is 13.0. The summed E-state index contributed by atoms with van der Waals surface area (Å²) < 4.78 is 0. The Morgan fingerprint density at radius 3 is 3.00 bits per heavy atom. The molecule has 1 amide bonds. The van der Waals surface area contributed by atoms with Crippen LogP contribution in [0.15, 0.2) is 12.1 Å². The van der Waals surface area contributed by atoms with E-state index in [-0.39, 0.29) is 18.5 Å². The van der Waals surface area contributed by atoms with Crippen LogP contribution in [0.1, 0.15) is 11.1 Å². The van der Waals surface area contributed by atoms with Crippen LogP contribution in [-0.4, -0.2) is 43.0 Å². The van der Waals surface area contributed by atoms with Gasteiger partial charge >= 0.3 is 0 Å². The number of nitrogens with one attached hydrogen (secondary N) is 2. The summed E-state index contributed by atoms with van der Waals surface area (Å²) in [5.74, 6) is -0.147. The number of halogens is 1. The molecular formula is C15H19ClN4O. The SMILES string of the molecule is Cc1cc(C)c(NC(=O)CN2CCNCC2C#N)c(Cl)c1. The van der Waals surface area contributed by atoms with Gasteiger partial charge in [-0.1, -0.05) is 17.7 Å². The molecule has 21 heavy (non-hydrogen) atoms. The lowest BCUT2D eigenvalue weighted by atomic mass is 10.1. The molecule has 2 rings (SSSR count). The van der Waals surface area contributed by atoms with Crippen molar-refractivity contribution in [3.05, 3.63) is 28.3 Å². The minimum Gasteiger partial charge on any atom is -0.323 e. The molecule has 1 aliphatic heterocycles. The van der Waals surface area contributed by atoms with Gasteiger partial charge in [-0.05, 0) is 31.0 Å². The van der Waals surface area contributed by atoms with Crippen LogP contribution in [0.2, 0.25) is 5.02 Å². The van der Waals surface area contributed by atoms with Crippen molar-refractivity contribution in [2.75, 3.05) is 31.5 Å². The summed E-state index contributed by atoms with van der Waals surface area (Å²) in [6.07, 6.45) is 0. The van der Waals surface area contributed by atoms with Crippen molar-refractivity contribution in [1.29, 1.82) is 5.26 Å². The Labute approximate surface area is 129 Å². The van der Waals surface area contributed by atoms with E-state index in [9.17, 15) is 4.79 Å². The standard InChI is InChI=1S/C15H19ClN4O/c1-10-5-11(2)15(13(16)6-10)19-14(21)9-20-4-3-18-8-12(20)7-17/h5-6,12,18H,3-4,8-9H2,1-2H3,(H,19,21). The Hall–Kier alpha value is -1.61. The highest BCUT2D eigenvalue weighted by molar-refractivity contribution is 6.34. The molecule has 1 aromatic carbocycles. The Balaban J connectivity index is 2.04. The van der Waals surface area contributed by atoms with Crippen LogP contribution in [0, 0.1) is 25.2 Å². The summed E-state index contributed by atoms with van der Waals surface area (Å²) in [7, 11) is 0. The average Bonchev–Trinajstić information content (AvgIpc) is 2.43. The third-order valence-electron chi connectivity index (χ3n) is 3.55. The highest BCUT2D eigenvalue weighted by Crippen LogP contribution is 2.27. The van der Waals surface area contributed by atoms with Crippen LogP contribution >= 0.6 is 11.6 Å². The van der Waals surface area contributed by atoms with Gasteiger partial charge in [0.25, 0.3) is 0 Å². The maximum Gasteiger partial charge on any atom is 0.238 e. The number of rotatable bonds is 3. The molecule has 0 saturated carbocycles. The summed E-state index contributed by atoms with van der Waals surface area (Å²) in [5, 5.41) is 15.6. The fraction of sp³-hybridized carbons (Fsp3) is 0.467. The maximum atomic E-state index is 12.2. The third-order valence-corrected chi connectivity index (χ3v) is 3.84. The van der Waals surface area contributed by atoms with E-state index < -0.39 is 0 Å². The molecule has 0 aromatic heterocycles. The minimum absolute atomic E-state index is 0.147. The average molecular weight is 307 g/mol. The van der Waals surface area contributed by atoms with Crippen molar-refractivity contribution in [1.82, 2.24) is 10.2 Å². The zero-order chi connectivity index (χ0) is 15.4. The number of anilines is 1. The predicted molar refractivity (Wildman–Crippen MR) is 83.4 cm³/mol. The lowest BCUT2D eigenvalue weighted by molar-refractivity contribution is -0.117. The Bertz CT molecular complexity index is 559. The van der Waals surface area contributed by atoms with Crippen LogP contribution in [-0.2, 0) is 4.79 Å². The molecule has 0 radical (unpaired) electrons. The number of hydrogen-bond donors (Lipinski definition) is 2. The molecule has 1 heterocycles. The number of carbonyl (C=O) groups excluding carboxylic acids is 1. The molecule has 1 fully saturated rings. The first-order chi connectivity index (χ1) is 10.0. The zero-order valence-electron chi connectivity index (χ0n) is 12.2. The number of nitriles is 1. The number of nitrogens with zero attached hydrogens (tertiary/aromatic N) is 2. The Kier molecular flexibility index (Phi) is 5.18. The van der Waals surface area contributed by atoms with E-state index in [0.717, 1.165) is 17.7 Å².